The Hall–Kier alpha value is -1.32. The molecule has 0 bridgehead atoms. The lowest BCUT2D eigenvalue weighted by molar-refractivity contribution is -0.143. The molecule has 4 heteroatoms. The molecule has 0 N–H and O–H groups in total. The lowest BCUT2D eigenvalue weighted by Gasteiger charge is -2.05. The molecule has 0 fully saturated rings. The Labute approximate surface area is 83.9 Å². The molecule has 0 aromatic carbocycles. The van der Waals surface area contributed by atoms with E-state index in [1.54, 1.807) is 6.08 Å². The summed E-state index contributed by atoms with van der Waals surface area (Å²) in [5.41, 5.74) is 0.342. The number of carbonyl (C=O) groups excluding carboxylic acids is 2. The van der Waals surface area contributed by atoms with E-state index in [2.05, 4.69) is 9.47 Å². The normalized spacial score (nSPS) is 11.4. The minimum atomic E-state index is -0.482. The number of hydrogen-bond acceptors (Lipinski definition) is 4. The predicted octanol–water partition coefficient (Wildman–Crippen LogP) is 1.30. The first-order chi connectivity index (χ1) is 6.51. The van der Waals surface area contributed by atoms with Gasteiger partial charge in [-0.05, 0) is 5.92 Å². The molecule has 0 amide bonds. The summed E-state index contributed by atoms with van der Waals surface area (Å²) in [6.45, 7) is 3.83. The number of esters is 2. The molecule has 0 aliphatic heterocycles. The van der Waals surface area contributed by atoms with E-state index in [-0.39, 0.29) is 12.3 Å². The van der Waals surface area contributed by atoms with Crippen LogP contribution in [0, 0.1) is 5.92 Å². The van der Waals surface area contributed by atoms with Gasteiger partial charge in [-0.1, -0.05) is 19.9 Å². The monoisotopic (exact) mass is 200 g/mol. The molecule has 0 heterocycles. The largest absolute Gasteiger partial charge is 0.469 e. The molecular weight excluding hydrogens is 184 g/mol. The van der Waals surface area contributed by atoms with Crippen molar-refractivity contribution in [3.05, 3.63) is 11.6 Å². The number of ether oxygens (including phenoxy) is 2. The van der Waals surface area contributed by atoms with Gasteiger partial charge in [-0.2, -0.15) is 0 Å². The Balaban J connectivity index is 4.57. The van der Waals surface area contributed by atoms with Crippen LogP contribution in [0.15, 0.2) is 11.6 Å². The van der Waals surface area contributed by atoms with Crippen LogP contribution in [0.2, 0.25) is 0 Å². The van der Waals surface area contributed by atoms with Gasteiger partial charge in [0.25, 0.3) is 0 Å². The quantitative estimate of drug-likeness (QED) is 0.507. The van der Waals surface area contributed by atoms with E-state index < -0.39 is 11.9 Å². The third-order valence-corrected chi connectivity index (χ3v) is 1.54. The van der Waals surface area contributed by atoms with Crippen molar-refractivity contribution in [2.24, 2.45) is 5.92 Å². The molecule has 0 radical (unpaired) electrons. The first-order valence-corrected chi connectivity index (χ1v) is 4.37. The summed E-state index contributed by atoms with van der Waals surface area (Å²) < 4.78 is 9.01. The van der Waals surface area contributed by atoms with E-state index in [4.69, 9.17) is 0 Å². The minimum absolute atomic E-state index is 0.0403. The fourth-order valence-electron chi connectivity index (χ4n) is 0.960. The van der Waals surface area contributed by atoms with E-state index in [1.807, 2.05) is 13.8 Å². The molecule has 0 rings (SSSR count). The molecule has 0 saturated carbocycles. The summed E-state index contributed by atoms with van der Waals surface area (Å²) in [5.74, 6) is -0.736. The fraction of sp³-hybridized carbons (Fsp3) is 0.600. The number of carbonyl (C=O) groups is 2. The van der Waals surface area contributed by atoms with Gasteiger partial charge in [0.05, 0.1) is 20.6 Å². The van der Waals surface area contributed by atoms with Crippen LogP contribution in [0.1, 0.15) is 20.3 Å². The van der Waals surface area contributed by atoms with Crippen molar-refractivity contribution in [3.8, 4) is 0 Å². The maximum Gasteiger partial charge on any atom is 0.334 e. The summed E-state index contributed by atoms with van der Waals surface area (Å²) in [5, 5.41) is 0. The number of methoxy groups -OCH3 is 2. The highest BCUT2D eigenvalue weighted by Gasteiger charge is 2.14. The van der Waals surface area contributed by atoms with Crippen LogP contribution in [0.4, 0.5) is 0 Å². The topological polar surface area (TPSA) is 52.6 Å². The molecule has 0 aromatic rings. The predicted molar refractivity (Wildman–Crippen MR) is 51.6 cm³/mol. The Morgan fingerprint density at radius 3 is 2.14 bits per heavy atom. The molecule has 0 aromatic heterocycles. The lowest BCUT2D eigenvalue weighted by atomic mass is 10.1. The van der Waals surface area contributed by atoms with E-state index in [0.717, 1.165) is 0 Å². The van der Waals surface area contributed by atoms with Crippen molar-refractivity contribution < 1.29 is 19.1 Å². The second kappa shape index (κ2) is 6.18. The van der Waals surface area contributed by atoms with Gasteiger partial charge in [0.1, 0.15) is 0 Å². The SMILES string of the molecule is COC(=O)C/C(=C/C(C)C)C(=O)OC. The van der Waals surface area contributed by atoms with E-state index in [9.17, 15) is 9.59 Å². The van der Waals surface area contributed by atoms with Gasteiger partial charge in [0, 0.05) is 5.57 Å². The zero-order chi connectivity index (χ0) is 11.1. The van der Waals surface area contributed by atoms with Gasteiger partial charge in [-0.3, -0.25) is 4.79 Å². The summed E-state index contributed by atoms with van der Waals surface area (Å²) in [7, 11) is 2.57. The second-order valence-electron chi connectivity index (χ2n) is 3.18. The van der Waals surface area contributed by atoms with Gasteiger partial charge in [0.15, 0.2) is 0 Å². The standard InChI is InChI=1S/C10H16O4/c1-7(2)5-8(10(12)14-4)6-9(11)13-3/h5,7H,6H2,1-4H3/b8-5-. The smallest absolute Gasteiger partial charge is 0.334 e. The lowest BCUT2D eigenvalue weighted by Crippen LogP contribution is -2.11. The fourth-order valence-corrected chi connectivity index (χ4v) is 0.960. The number of hydrogen-bond donors (Lipinski definition) is 0. The van der Waals surface area contributed by atoms with Crippen LogP contribution in [-0.4, -0.2) is 26.2 Å². The van der Waals surface area contributed by atoms with Gasteiger partial charge in [0.2, 0.25) is 0 Å². The molecule has 0 atom stereocenters. The molecule has 0 saturated heterocycles. The van der Waals surface area contributed by atoms with Gasteiger partial charge >= 0.3 is 11.9 Å². The second-order valence-corrected chi connectivity index (χ2v) is 3.18. The van der Waals surface area contributed by atoms with Crippen LogP contribution in [0.5, 0.6) is 0 Å². The maximum absolute atomic E-state index is 11.2. The Morgan fingerprint density at radius 1 is 1.21 bits per heavy atom. The van der Waals surface area contributed by atoms with Crippen molar-refractivity contribution >= 4 is 11.9 Å². The number of allylic oxidation sites excluding steroid dienone is 1. The Bertz CT molecular complexity index is 241. The molecule has 14 heavy (non-hydrogen) atoms. The van der Waals surface area contributed by atoms with E-state index in [1.165, 1.54) is 14.2 Å². The van der Waals surface area contributed by atoms with E-state index >= 15 is 0 Å². The van der Waals surface area contributed by atoms with Crippen LogP contribution in [0.25, 0.3) is 0 Å². The van der Waals surface area contributed by atoms with E-state index in [0.29, 0.717) is 5.57 Å². The third-order valence-electron chi connectivity index (χ3n) is 1.54. The third kappa shape index (κ3) is 4.64. The molecule has 0 aliphatic carbocycles. The molecule has 0 unspecified atom stereocenters. The Morgan fingerprint density at radius 2 is 1.79 bits per heavy atom. The zero-order valence-electron chi connectivity index (χ0n) is 8.99. The average Bonchev–Trinajstić information content (AvgIpc) is 2.14. The van der Waals surface area contributed by atoms with Crippen molar-refractivity contribution in [1.82, 2.24) is 0 Å². The van der Waals surface area contributed by atoms with Crippen LogP contribution >= 0.6 is 0 Å². The van der Waals surface area contributed by atoms with Crippen molar-refractivity contribution in [1.29, 1.82) is 0 Å². The first-order valence-electron chi connectivity index (χ1n) is 4.37. The van der Waals surface area contributed by atoms with Gasteiger partial charge in [-0.15, -0.1) is 0 Å². The minimum Gasteiger partial charge on any atom is -0.469 e. The summed E-state index contributed by atoms with van der Waals surface area (Å²) in [6.07, 6.45) is 1.66. The van der Waals surface area contributed by atoms with Gasteiger partial charge < -0.3 is 9.47 Å². The summed E-state index contributed by atoms with van der Waals surface area (Å²) >= 11 is 0. The maximum atomic E-state index is 11.2. The number of rotatable bonds is 4. The summed E-state index contributed by atoms with van der Waals surface area (Å²) in [4.78, 5) is 22.2. The van der Waals surface area contributed by atoms with Crippen LogP contribution in [0.3, 0.4) is 0 Å². The molecule has 0 spiro atoms. The van der Waals surface area contributed by atoms with Crippen molar-refractivity contribution in [3.63, 3.8) is 0 Å². The van der Waals surface area contributed by atoms with Crippen LogP contribution in [-0.2, 0) is 19.1 Å². The molecular formula is C10H16O4. The van der Waals surface area contributed by atoms with Crippen molar-refractivity contribution in [2.75, 3.05) is 14.2 Å². The molecule has 0 aliphatic rings. The zero-order valence-corrected chi connectivity index (χ0v) is 8.99. The molecule has 4 nitrogen and oxygen atoms in total. The average molecular weight is 200 g/mol. The van der Waals surface area contributed by atoms with Gasteiger partial charge in [-0.25, -0.2) is 4.79 Å². The highest BCUT2D eigenvalue weighted by molar-refractivity contribution is 5.93. The van der Waals surface area contributed by atoms with Crippen molar-refractivity contribution in [2.45, 2.75) is 20.3 Å². The summed E-state index contributed by atoms with van der Waals surface area (Å²) in [6, 6.07) is 0. The molecule has 80 valence electrons. The first kappa shape index (κ1) is 12.7. The highest BCUT2D eigenvalue weighted by atomic mass is 16.5. The Kier molecular flexibility index (Phi) is 5.60. The van der Waals surface area contributed by atoms with Crippen LogP contribution < -0.4 is 0 Å². The highest BCUT2D eigenvalue weighted by Crippen LogP contribution is 2.09.